The number of benzene rings is 1. The predicted octanol–water partition coefficient (Wildman–Crippen LogP) is 3.68. The quantitative estimate of drug-likeness (QED) is 0.740. The van der Waals surface area contributed by atoms with Gasteiger partial charge in [0.25, 0.3) is 0 Å². The van der Waals surface area contributed by atoms with Crippen LogP contribution in [0.15, 0.2) is 24.3 Å². The zero-order chi connectivity index (χ0) is 20.2. The van der Waals surface area contributed by atoms with E-state index in [4.69, 9.17) is 11.6 Å². The Kier molecular flexibility index (Phi) is 7.72. The molecule has 152 valence electrons. The van der Waals surface area contributed by atoms with Gasteiger partial charge in [-0.2, -0.15) is 0 Å². The second-order valence-corrected chi connectivity index (χ2v) is 10.5. The van der Waals surface area contributed by atoms with E-state index in [2.05, 4.69) is 33.0 Å². The second-order valence-electron chi connectivity index (χ2n) is 8.11. The van der Waals surface area contributed by atoms with Crippen molar-refractivity contribution in [3.8, 4) is 0 Å². The number of carbonyl (C=O) groups is 1. The first kappa shape index (κ1) is 22.2. The van der Waals surface area contributed by atoms with E-state index >= 15 is 0 Å². The standard InChI is InChI=1S/C20H31ClN2O3S/c1-14(2)19(15(3)4)22-20(24)17-8-6-10-23(12-17)27(25,26)13-16-7-5-9-18(21)11-16/h5,7,9,11,14-15,17,19H,6,8,10,12-13H2,1-4H3,(H,22,24). The van der Waals surface area contributed by atoms with Gasteiger partial charge in [-0.25, -0.2) is 12.7 Å². The average molecular weight is 415 g/mol. The van der Waals surface area contributed by atoms with Gasteiger partial charge >= 0.3 is 0 Å². The Balaban J connectivity index is 2.04. The minimum Gasteiger partial charge on any atom is -0.353 e. The van der Waals surface area contributed by atoms with Crippen molar-refractivity contribution in [2.24, 2.45) is 17.8 Å². The van der Waals surface area contributed by atoms with Crippen molar-refractivity contribution < 1.29 is 13.2 Å². The molecule has 5 nitrogen and oxygen atoms in total. The summed E-state index contributed by atoms with van der Waals surface area (Å²) in [4.78, 5) is 12.7. The maximum absolute atomic E-state index is 12.8. The molecular formula is C20H31ClN2O3S. The van der Waals surface area contributed by atoms with Crippen molar-refractivity contribution in [1.29, 1.82) is 0 Å². The fourth-order valence-corrected chi connectivity index (χ4v) is 5.53. The van der Waals surface area contributed by atoms with Crippen LogP contribution in [0.4, 0.5) is 0 Å². The molecule has 1 N–H and O–H groups in total. The van der Waals surface area contributed by atoms with Crippen LogP contribution in [0.3, 0.4) is 0 Å². The Morgan fingerprint density at radius 3 is 2.52 bits per heavy atom. The minimum atomic E-state index is -3.49. The molecule has 0 aromatic heterocycles. The normalized spacial score (nSPS) is 19.0. The first-order valence-electron chi connectivity index (χ1n) is 9.62. The van der Waals surface area contributed by atoms with Gasteiger partial charge in [-0.15, -0.1) is 0 Å². The lowest BCUT2D eigenvalue weighted by molar-refractivity contribution is -0.127. The molecule has 1 aromatic rings. The van der Waals surface area contributed by atoms with Crippen LogP contribution in [-0.2, 0) is 20.6 Å². The lowest BCUT2D eigenvalue weighted by atomic mass is 9.91. The van der Waals surface area contributed by atoms with Gasteiger partial charge in [0, 0.05) is 24.2 Å². The molecule has 1 amide bonds. The van der Waals surface area contributed by atoms with E-state index in [9.17, 15) is 13.2 Å². The molecule has 0 bridgehead atoms. The molecule has 1 aliphatic rings. The van der Waals surface area contributed by atoms with Gasteiger partial charge in [0.2, 0.25) is 15.9 Å². The van der Waals surface area contributed by atoms with E-state index in [1.54, 1.807) is 24.3 Å². The van der Waals surface area contributed by atoms with Crippen LogP contribution in [0.2, 0.25) is 5.02 Å². The molecule has 1 aromatic carbocycles. The number of sulfonamides is 1. The highest BCUT2D eigenvalue weighted by Gasteiger charge is 2.33. The van der Waals surface area contributed by atoms with Gasteiger partial charge in [-0.05, 0) is 42.4 Å². The van der Waals surface area contributed by atoms with Gasteiger partial charge in [-0.1, -0.05) is 51.4 Å². The number of hydrogen-bond acceptors (Lipinski definition) is 3. The summed E-state index contributed by atoms with van der Waals surface area (Å²) < 4.78 is 27.1. The number of nitrogens with zero attached hydrogens (tertiary/aromatic N) is 1. The van der Waals surface area contributed by atoms with Crippen molar-refractivity contribution in [1.82, 2.24) is 9.62 Å². The summed E-state index contributed by atoms with van der Waals surface area (Å²) in [5.74, 6) is 0.237. The Labute approximate surface area is 168 Å². The van der Waals surface area contributed by atoms with E-state index < -0.39 is 10.0 Å². The van der Waals surface area contributed by atoms with Crippen molar-refractivity contribution in [3.63, 3.8) is 0 Å². The summed E-state index contributed by atoms with van der Waals surface area (Å²) in [5, 5.41) is 3.66. The van der Waals surface area contributed by atoms with Crippen LogP contribution in [0, 0.1) is 17.8 Å². The predicted molar refractivity (Wildman–Crippen MR) is 110 cm³/mol. The summed E-state index contributed by atoms with van der Waals surface area (Å²) in [5.41, 5.74) is 0.661. The molecule has 1 aliphatic heterocycles. The van der Waals surface area contributed by atoms with Crippen LogP contribution in [0.25, 0.3) is 0 Å². The highest BCUT2D eigenvalue weighted by Crippen LogP contribution is 2.23. The molecule has 1 unspecified atom stereocenters. The molecule has 0 spiro atoms. The van der Waals surface area contributed by atoms with Crippen molar-refractivity contribution in [2.75, 3.05) is 13.1 Å². The molecule has 2 rings (SSSR count). The van der Waals surface area contributed by atoms with Crippen molar-refractivity contribution >= 4 is 27.5 Å². The van der Waals surface area contributed by atoms with Crippen molar-refractivity contribution in [3.05, 3.63) is 34.9 Å². The van der Waals surface area contributed by atoms with Gasteiger partial charge in [0.1, 0.15) is 0 Å². The summed E-state index contributed by atoms with van der Waals surface area (Å²) >= 11 is 5.96. The third-order valence-electron chi connectivity index (χ3n) is 5.13. The Bertz CT molecular complexity index is 741. The topological polar surface area (TPSA) is 66.5 Å². The lowest BCUT2D eigenvalue weighted by Crippen LogP contribution is -2.50. The van der Waals surface area contributed by atoms with Gasteiger partial charge in [-0.3, -0.25) is 4.79 Å². The largest absolute Gasteiger partial charge is 0.353 e. The highest BCUT2D eigenvalue weighted by atomic mass is 35.5. The smallest absolute Gasteiger partial charge is 0.224 e. The van der Waals surface area contributed by atoms with E-state index in [1.165, 1.54) is 4.31 Å². The summed E-state index contributed by atoms with van der Waals surface area (Å²) in [6, 6.07) is 6.99. The van der Waals surface area contributed by atoms with E-state index in [0.29, 0.717) is 35.4 Å². The first-order chi connectivity index (χ1) is 12.6. The highest BCUT2D eigenvalue weighted by molar-refractivity contribution is 7.88. The third-order valence-corrected chi connectivity index (χ3v) is 7.18. The molecule has 1 heterocycles. The van der Waals surface area contributed by atoms with Gasteiger partial charge in [0.15, 0.2) is 0 Å². The zero-order valence-electron chi connectivity index (χ0n) is 16.6. The Morgan fingerprint density at radius 1 is 1.26 bits per heavy atom. The van der Waals surface area contributed by atoms with Crippen LogP contribution in [0.5, 0.6) is 0 Å². The Morgan fingerprint density at radius 2 is 1.93 bits per heavy atom. The monoisotopic (exact) mass is 414 g/mol. The summed E-state index contributed by atoms with van der Waals surface area (Å²) in [6.45, 7) is 9.07. The molecule has 0 saturated carbocycles. The fourth-order valence-electron chi connectivity index (χ4n) is 3.72. The van der Waals surface area contributed by atoms with Crippen LogP contribution in [0.1, 0.15) is 46.1 Å². The molecule has 27 heavy (non-hydrogen) atoms. The first-order valence-corrected chi connectivity index (χ1v) is 11.6. The molecule has 1 fully saturated rings. The molecule has 1 atom stereocenters. The SMILES string of the molecule is CC(C)C(NC(=O)C1CCCN(S(=O)(=O)Cc2cccc(Cl)c2)C1)C(C)C. The van der Waals surface area contributed by atoms with Gasteiger partial charge < -0.3 is 5.32 Å². The second kappa shape index (κ2) is 9.39. The molecular weight excluding hydrogens is 384 g/mol. The van der Waals surface area contributed by atoms with Gasteiger partial charge in [0.05, 0.1) is 11.7 Å². The lowest BCUT2D eigenvalue weighted by Gasteiger charge is -2.33. The van der Waals surface area contributed by atoms with Crippen LogP contribution in [-0.4, -0.2) is 37.8 Å². The van der Waals surface area contributed by atoms with E-state index in [0.717, 1.165) is 6.42 Å². The van der Waals surface area contributed by atoms with Crippen molar-refractivity contribution in [2.45, 2.75) is 52.3 Å². The van der Waals surface area contributed by atoms with Crippen LogP contribution < -0.4 is 5.32 Å². The molecule has 0 aliphatic carbocycles. The number of amides is 1. The maximum Gasteiger partial charge on any atom is 0.224 e. The number of carbonyl (C=O) groups excluding carboxylic acids is 1. The zero-order valence-corrected chi connectivity index (χ0v) is 18.2. The van der Waals surface area contributed by atoms with E-state index in [1.807, 2.05) is 0 Å². The maximum atomic E-state index is 12.8. The molecule has 0 radical (unpaired) electrons. The van der Waals surface area contributed by atoms with E-state index in [-0.39, 0.29) is 30.2 Å². The number of nitrogens with one attached hydrogen (secondary N) is 1. The van der Waals surface area contributed by atoms with Crippen LogP contribution >= 0.6 is 11.6 Å². The molecule has 7 heteroatoms. The number of piperidine rings is 1. The number of hydrogen-bond donors (Lipinski definition) is 1. The third kappa shape index (κ3) is 6.19. The Hall–Kier alpha value is -1.11. The summed E-state index contributed by atoms with van der Waals surface area (Å²) in [7, 11) is -3.49. The number of halogens is 1. The fraction of sp³-hybridized carbons (Fsp3) is 0.650. The minimum absolute atomic E-state index is 0.0370. The number of rotatable bonds is 7. The molecule has 1 saturated heterocycles. The summed E-state index contributed by atoms with van der Waals surface area (Å²) in [6.07, 6.45) is 1.42. The average Bonchev–Trinajstić information content (AvgIpc) is 2.58.